The summed E-state index contributed by atoms with van der Waals surface area (Å²) < 4.78 is 0. The molecule has 0 aliphatic carbocycles. The molecule has 1 aliphatic rings. The van der Waals surface area contributed by atoms with Crippen LogP contribution in [0.2, 0.25) is 0 Å². The molecule has 3 amide bonds. The van der Waals surface area contributed by atoms with Gasteiger partial charge in [-0.25, -0.2) is 9.59 Å². The number of amides is 3. The summed E-state index contributed by atoms with van der Waals surface area (Å²) in [7, 11) is 0. The van der Waals surface area contributed by atoms with Gasteiger partial charge in [0.25, 0.3) is 0 Å². The number of anilines is 1. The molecule has 1 saturated heterocycles. The molecule has 1 aromatic heterocycles. The first kappa shape index (κ1) is 13.8. The first-order chi connectivity index (χ1) is 9.49. The van der Waals surface area contributed by atoms with Crippen LogP contribution in [0.5, 0.6) is 0 Å². The molecule has 1 atom stereocenters. The summed E-state index contributed by atoms with van der Waals surface area (Å²) in [6, 6.07) is 0.184. The van der Waals surface area contributed by atoms with Crippen molar-refractivity contribution in [1.29, 1.82) is 0 Å². The Hall–Kier alpha value is -2.64. The standard InChI is InChI=1S/C12H14N4O4/c13-10(17)9-2-1-3-16(9)12(20)15-8-4-7(11(18)19)5-14-6-8/h4-6,9H,1-3H2,(H2,13,17)(H,15,20)(H,18,19). The number of carboxylic acid groups (broad SMARTS) is 1. The largest absolute Gasteiger partial charge is 0.478 e. The van der Waals surface area contributed by atoms with Crippen LogP contribution in [0.3, 0.4) is 0 Å². The number of nitrogens with two attached hydrogens (primary N) is 1. The highest BCUT2D eigenvalue weighted by atomic mass is 16.4. The van der Waals surface area contributed by atoms with Crippen molar-refractivity contribution in [3.05, 3.63) is 24.0 Å². The lowest BCUT2D eigenvalue weighted by molar-refractivity contribution is -0.121. The van der Waals surface area contributed by atoms with Crippen LogP contribution in [0.25, 0.3) is 0 Å². The van der Waals surface area contributed by atoms with E-state index in [1.54, 1.807) is 0 Å². The summed E-state index contributed by atoms with van der Waals surface area (Å²) in [5.74, 6) is -1.68. The van der Waals surface area contributed by atoms with Gasteiger partial charge in [0.05, 0.1) is 17.4 Å². The van der Waals surface area contributed by atoms with Crippen molar-refractivity contribution in [3.8, 4) is 0 Å². The zero-order chi connectivity index (χ0) is 14.7. The molecule has 20 heavy (non-hydrogen) atoms. The van der Waals surface area contributed by atoms with E-state index >= 15 is 0 Å². The Bertz CT molecular complexity index is 560. The maximum absolute atomic E-state index is 12.0. The number of pyridine rings is 1. The third-order valence-corrected chi connectivity index (χ3v) is 3.08. The number of carbonyl (C=O) groups excluding carboxylic acids is 2. The fourth-order valence-corrected chi connectivity index (χ4v) is 2.13. The van der Waals surface area contributed by atoms with Crippen molar-refractivity contribution < 1.29 is 19.5 Å². The summed E-state index contributed by atoms with van der Waals surface area (Å²) >= 11 is 0. The van der Waals surface area contributed by atoms with E-state index in [1.807, 2.05) is 0 Å². The molecular formula is C12H14N4O4. The Kier molecular flexibility index (Phi) is 3.83. The lowest BCUT2D eigenvalue weighted by Crippen LogP contribution is -2.45. The smallest absolute Gasteiger partial charge is 0.337 e. The molecule has 2 heterocycles. The molecule has 8 heteroatoms. The van der Waals surface area contributed by atoms with Crippen LogP contribution in [0.15, 0.2) is 18.5 Å². The Morgan fingerprint density at radius 2 is 2.15 bits per heavy atom. The van der Waals surface area contributed by atoms with E-state index in [0.29, 0.717) is 19.4 Å². The van der Waals surface area contributed by atoms with Crippen molar-refractivity contribution >= 4 is 23.6 Å². The number of hydrogen-bond donors (Lipinski definition) is 3. The Morgan fingerprint density at radius 1 is 1.40 bits per heavy atom. The number of nitrogens with zero attached hydrogens (tertiary/aromatic N) is 2. The first-order valence-corrected chi connectivity index (χ1v) is 6.04. The van der Waals surface area contributed by atoms with Gasteiger partial charge >= 0.3 is 12.0 Å². The van der Waals surface area contributed by atoms with Crippen molar-refractivity contribution in [3.63, 3.8) is 0 Å². The van der Waals surface area contributed by atoms with E-state index in [1.165, 1.54) is 23.4 Å². The van der Waals surface area contributed by atoms with Gasteiger partial charge in [-0.1, -0.05) is 0 Å². The Labute approximate surface area is 114 Å². The predicted molar refractivity (Wildman–Crippen MR) is 69.1 cm³/mol. The van der Waals surface area contributed by atoms with E-state index in [9.17, 15) is 14.4 Å². The summed E-state index contributed by atoms with van der Waals surface area (Å²) in [4.78, 5) is 39.2. The maximum atomic E-state index is 12.0. The minimum atomic E-state index is -1.13. The van der Waals surface area contributed by atoms with Gasteiger partial charge < -0.3 is 21.1 Å². The molecular weight excluding hydrogens is 264 g/mol. The zero-order valence-corrected chi connectivity index (χ0v) is 10.6. The molecule has 2 rings (SSSR count). The molecule has 8 nitrogen and oxygen atoms in total. The Morgan fingerprint density at radius 3 is 2.80 bits per heavy atom. The van der Waals surface area contributed by atoms with E-state index in [-0.39, 0.29) is 11.3 Å². The van der Waals surface area contributed by atoms with Gasteiger partial charge in [0, 0.05) is 12.7 Å². The van der Waals surface area contributed by atoms with Crippen LogP contribution < -0.4 is 11.1 Å². The van der Waals surface area contributed by atoms with E-state index in [4.69, 9.17) is 10.8 Å². The van der Waals surface area contributed by atoms with Crippen LogP contribution >= 0.6 is 0 Å². The number of primary amides is 1. The van der Waals surface area contributed by atoms with Crippen LogP contribution in [0, 0.1) is 0 Å². The second-order valence-electron chi connectivity index (χ2n) is 4.45. The van der Waals surface area contributed by atoms with E-state index < -0.39 is 23.9 Å². The fraction of sp³-hybridized carbons (Fsp3) is 0.333. The normalized spacial score (nSPS) is 17.8. The number of likely N-dealkylation sites (tertiary alicyclic amines) is 1. The number of aromatic carboxylic acids is 1. The highest BCUT2D eigenvalue weighted by molar-refractivity contribution is 5.95. The molecule has 0 bridgehead atoms. The highest BCUT2D eigenvalue weighted by Crippen LogP contribution is 2.18. The molecule has 0 saturated carbocycles. The van der Waals surface area contributed by atoms with Gasteiger partial charge in [-0.15, -0.1) is 0 Å². The number of urea groups is 1. The van der Waals surface area contributed by atoms with Crippen LogP contribution in [-0.4, -0.2) is 45.5 Å². The molecule has 0 spiro atoms. The fourth-order valence-electron chi connectivity index (χ4n) is 2.13. The minimum Gasteiger partial charge on any atom is -0.478 e. The van der Waals surface area contributed by atoms with Crippen molar-refractivity contribution in [2.45, 2.75) is 18.9 Å². The number of aromatic nitrogens is 1. The molecule has 1 aromatic rings. The molecule has 106 valence electrons. The second-order valence-corrected chi connectivity index (χ2v) is 4.45. The molecule has 0 radical (unpaired) electrons. The van der Waals surface area contributed by atoms with Crippen LogP contribution in [0.1, 0.15) is 23.2 Å². The van der Waals surface area contributed by atoms with Gasteiger partial charge in [0.2, 0.25) is 5.91 Å². The van der Waals surface area contributed by atoms with Crippen molar-refractivity contribution in [2.24, 2.45) is 5.73 Å². The molecule has 1 fully saturated rings. The number of rotatable bonds is 3. The topological polar surface area (TPSA) is 126 Å². The monoisotopic (exact) mass is 278 g/mol. The van der Waals surface area contributed by atoms with Crippen LogP contribution in [-0.2, 0) is 4.79 Å². The summed E-state index contributed by atoms with van der Waals surface area (Å²) in [6.45, 7) is 0.436. The Balaban J connectivity index is 2.09. The molecule has 1 aliphatic heterocycles. The highest BCUT2D eigenvalue weighted by Gasteiger charge is 2.32. The van der Waals surface area contributed by atoms with E-state index in [0.717, 1.165) is 0 Å². The van der Waals surface area contributed by atoms with Crippen LogP contribution in [0.4, 0.5) is 10.5 Å². The van der Waals surface area contributed by atoms with Crippen molar-refractivity contribution in [2.75, 3.05) is 11.9 Å². The van der Waals surface area contributed by atoms with Gasteiger partial charge in [-0.2, -0.15) is 0 Å². The molecule has 4 N–H and O–H groups in total. The first-order valence-electron chi connectivity index (χ1n) is 6.04. The lowest BCUT2D eigenvalue weighted by atomic mass is 10.2. The SMILES string of the molecule is NC(=O)C1CCCN1C(=O)Nc1cncc(C(=O)O)c1. The van der Waals surface area contributed by atoms with Gasteiger partial charge in [0.15, 0.2) is 0 Å². The van der Waals surface area contributed by atoms with Gasteiger partial charge in [0.1, 0.15) is 6.04 Å². The zero-order valence-electron chi connectivity index (χ0n) is 10.6. The third kappa shape index (κ3) is 2.85. The molecule has 1 unspecified atom stereocenters. The summed E-state index contributed by atoms with van der Waals surface area (Å²) in [5, 5.41) is 11.4. The van der Waals surface area contributed by atoms with Gasteiger partial charge in [-0.05, 0) is 18.9 Å². The average molecular weight is 278 g/mol. The minimum absolute atomic E-state index is 0.0318. The maximum Gasteiger partial charge on any atom is 0.337 e. The number of nitrogens with one attached hydrogen (secondary N) is 1. The van der Waals surface area contributed by atoms with Gasteiger partial charge in [-0.3, -0.25) is 9.78 Å². The third-order valence-electron chi connectivity index (χ3n) is 3.08. The number of carboxylic acids is 1. The number of hydrogen-bond acceptors (Lipinski definition) is 4. The second kappa shape index (κ2) is 5.55. The number of carbonyl (C=O) groups is 3. The summed E-state index contributed by atoms with van der Waals surface area (Å²) in [5.41, 5.74) is 5.46. The lowest BCUT2D eigenvalue weighted by Gasteiger charge is -2.22. The van der Waals surface area contributed by atoms with E-state index in [2.05, 4.69) is 10.3 Å². The quantitative estimate of drug-likeness (QED) is 0.731. The average Bonchev–Trinajstić information content (AvgIpc) is 2.88. The molecule has 0 aromatic carbocycles. The van der Waals surface area contributed by atoms with Crippen molar-refractivity contribution in [1.82, 2.24) is 9.88 Å². The summed E-state index contributed by atoms with van der Waals surface area (Å²) in [6.07, 6.45) is 3.75. The predicted octanol–water partition coefficient (Wildman–Crippen LogP) is 0.261.